The van der Waals surface area contributed by atoms with E-state index in [1.165, 1.54) is 0 Å². The average Bonchev–Trinajstić information content (AvgIpc) is 3.35. The van der Waals surface area contributed by atoms with Gasteiger partial charge in [-0.05, 0) is 42.7 Å². The molecule has 6 heteroatoms. The van der Waals surface area contributed by atoms with Crippen LogP contribution in [0.25, 0.3) is 11.3 Å². The summed E-state index contributed by atoms with van der Waals surface area (Å²) in [5.74, 6) is 1.25. The molecule has 1 saturated carbocycles. The first-order valence-electron chi connectivity index (χ1n) is 8.39. The lowest BCUT2D eigenvalue weighted by Gasteiger charge is -2.14. The maximum absolute atomic E-state index is 12.8. The Kier molecular flexibility index (Phi) is 4.28. The third kappa shape index (κ3) is 3.01. The topological polar surface area (TPSA) is 67.0 Å². The molecule has 5 nitrogen and oxygen atoms in total. The number of rotatable bonds is 5. The first kappa shape index (κ1) is 16.8. The summed E-state index contributed by atoms with van der Waals surface area (Å²) < 4.78 is 6.39. The van der Waals surface area contributed by atoms with Crippen LogP contribution >= 0.6 is 15.9 Å². The van der Waals surface area contributed by atoms with Crippen LogP contribution < -0.4 is 10.1 Å². The molecule has 1 aliphatic carbocycles. The second-order valence-corrected chi connectivity index (χ2v) is 7.33. The highest BCUT2D eigenvalue weighted by Crippen LogP contribution is 2.49. The van der Waals surface area contributed by atoms with E-state index in [1.807, 2.05) is 54.6 Å². The van der Waals surface area contributed by atoms with Crippen molar-refractivity contribution in [2.75, 3.05) is 12.4 Å². The van der Waals surface area contributed by atoms with Gasteiger partial charge in [0.15, 0.2) is 5.82 Å². The highest BCUT2D eigenvalue weighted by atomic mass is 79.9. The van der Waals surface area contributed by atoms with Crippen molar-refractivity contribution in [1.29, 1.82) is 0 Å². The number of hydrogen-bond acceptors (Lipinski definition) is 3. The molecule has 4 rings (SSSR count). The van der Waals surface area contributed by atoms with Crippen molar-refractivity contribution < 1.29 is 9.53 Å². The molecule has 2 aromatic carbocycles. The lowest BCUT2D eigenvalue weighted by molar-refractivity contribution is -0.118. The molecule has 0 radical (unpaired) electrons. The summed E-state index contributed by atoms with van der Waals surface area (Å²) in [7, 11) is 1.63. The zero-order valence-electron chi connectivity index (χ0n) is 14.3. The highest BCUT2D eigenvalue weighted by Gasteiger charge is 2.51. The molecule has 132 valence electrons. The summed E-state index contributed by atoms with van der Waals surface area (Å²) >= 11 is 3.44. The smallest absolute Gasteiger partial charge is 0.236 e. The Bertz CT molecular complexity index is 946. The van der Waals surface area contributed by atoms with Gasteiger partial charge in [0.2, 0.25) is 5.91 Å². The Labute approximate surface area is 159 Å². The zero-order valence-corrected chi connectivity index (χ0v) is 15.8. The third-order valence-corrected chi connectivity index (χ3v) is 5.33. The number of para-hydroxylation sites is 1. The van der Waals surface area contributed by atoms with Gasteiger partial charge in [0, 0.05) is 16.1 Å². The van der Waals surface area contributed by atoms with E-state index in [0.717, 1.165) is 39.9 Å². The Morgan fingerprint density at radius 1 is 1.19 bits per heavy atom. The fourth-order valence-electron chi connectivity index (χ4n) is 3.17. The van der Waals surface area contributed by atoms with Gasteiger partial charge in [-0.15, -0.1) is 0 Å². The molecule has 2 N–H and O–H groups in total. The summed E-state index contributed by atoms with van der Waals surface area (Å²) in [6.45, 7) is 0. The van der Waals surface area contributed by atoms with E-state index < -0.39 is 5.41 Å². The van der Waals surface area contributed by atoms with Crippen molar-refractivity contribution in [3.63, 3.8) is 0 Å². The fourth-order valence-corrected chi connectivity index (χ4v) is 3.43. The molecule has 0 bridgehead atoms. The second kappa shape index (κ2) is 6.61. The van der Waals surface area contributed by atoms with Crippen molar-refractivity contribution in [3.05, 3.63) is 64.6 Å². The molecule has 0 spiro atoms. The molecule has 1 fully saturated rings. The molecule has 1 heterocycles. The molecule has 0 saturated heterocycles. The predicted octanol–water partition coefficient (Wildman–Crippen LogP) is 4.52. The Hall–Kier alpha value is -2.60. The lowest BCUT2D eigenvalue weighted by atomic mass is 9.95. The molecule has 3 aromatic rings. The minimum atomic E-state index is -0.440. The van der Waals surface area contributed by atoms with E-state index in [9.17, 15) is 4.79 Å². The number of nitrogens with one attached hydrogen (secondary N) is 2. The Balaban J connectivity index is 1.54. The van der Waals surface area contributed by atoms with E-state index in [-0.39, 0.29) is 5.91 Å². The number of carbonyl (C=O) groups is 1. The summed E-state index contributed by atoms with van der Waals surface area (Å²) in [6.07, 6.45) is 1.70. The average molecular weight is 412 g/mol. The number of nitrogens with zero attached hydrogens (tertiary/aromatic N) is 1. The van der Waals surface area contributed by atoms with E-state index >= 15 is 0 Å². The normalized spacial score (nSPS) is 14.7. The maximum Gasteiger partial charge on any atom is 0.236 e. The van der Waals surface area contributed by atoms with Crippen molar-refractivity contribution in [1.82, 2.24) is 10.2 Å². The number of amides is 1. The van der Waals surface area contributed by atoms with Crippen LogP contribution in [0.15, 0.2) is 59.1 Å². The standard InChI is InChI=1S/C20H18BrN3O2/c1-26-17-5-3-2-4-15(17)16-12-18(24-23-16)22-19(25)20(10-11-20)13-6-8-14(21)9-7-13/h2-9,12H,10-11H2,1H3,(H2,22,23,24,25). The number of ether oxygens (including phenoxy) is 1. The van der Waals surface area contributed by atoms with Gasteiger partial charge in [-0.3, -0.25) is 9.89 Å². The second-order valence-electron chi connectivity index (χ2n) is 6.41. The lowest BCUT2D eigenvalue weighted by Crippen LogP contribution is -2.27. The van der Waals surface area contributed by atoms with Crippen molar-refractivity contribution >= 4 is 27.7 Å². The molecule has 1 amide bonds. The third-order valence-electron chi connectivity index (χ3n) is 4.80. The molecule has 1 aliphatic rings. The van der Waals surface area contributed by atoms with E-state index in [4.69, 9.17) is 4.74 Å². The quantitative estimate of drug-likeness (QED) is 0.648. The highest BCUT2D eigenvalue weighted by molar-refractivity contribution is 9.10. The number of halogens is 1. The first-order valence-corrected chi connectivity index (χ1v) is 9.18. The van der Waals surface area contributed by atoms with Crippen LogP contribution in [-0.2, 0) is 10.2 Å². The molecule has 0 atom stereocenters. The van der Waals surface area contributed by atoms with Gasteiger partial charge in [0.05, 0.1) is 18.2 Å². The van der Waals surface area contributed by atoms with Crippen molar-refractivity contribution in [2.45, 2.75) is 18.3 Å². The monoisotopic (exact) mass is 411 g/mol. The van der Waals surface area contributed by atoms with E-state index in [1.54, 1.807) is 7.11 Å². The largest absolute Gasteiger partial charge is 0.496 e. The van der Waals surface area contributed by atoms with Crippen molar-refractivity contribution in [2.24, 2.45) is 0 Å². The van der Waals surface area contributed by atoms with Gasteiger partial charge in [-0.25, -0.2) is 0 Å². The first-order chi connectivity index (χ1) is 12.6. The van der Waals surface area contributed by atoms with Crippen LogP contribution in [0.1, 0.15) is 18.4 Å². The van der Waals surface area contributed by atoms with Crippen LogP contribution in [0.4, 0.5) is 5.82 Å². The number of H-pyrrole nitrogens is 1. The van der Waals surface area contributed by atoms with E-state index in [2.05, 4.69) is 31.4 Å². The Morgan fingerprint density at radius 3 is 2.62 bits per heavy atom. The van der Waals surface area contributed by atoms with Crippen LogP contribution in [-0.4, -0.2) is 23.2 Å². The van der Waals surface area contributed by atoms with Crippen LogP contribution in [0.3, 0.4) is 0 Å². The number of carbonyl (C=O) groups excluding carboxylic acids is 1. The minimum absolute atomic E-state index is 0.0158. The van der Waals surface area contributed by atoms with Gasteiger partial charge in [-0.2, -0.15) is 5.10 Å². The summed E-state index contributed by atoms with van der Waals surface area (Å²) in [6, 6.07) is 17.5. The number of hydrogen-bond donors (Lipinski definition) is 2. The van der Waals surface area contributed by atoms with Gasteiger partial charge in [0.25, 0.3) is 0 Å². The maximum atomic E-state index is 12.8. The molecule has 1 aromatic heterocycles. The number of aromatic amines is 1. The summed E-state index contributed by atoms with van der Waals surface area (Å²) in [4.78, 5) is 12.8. The Morgan fingerprint density at radius 2 is 1.92 bits per heavy atom. The fraction of sp³-hybridized carbons (Fsp3) is 0.200. The molecular formula is C20H18BrN3O2. The summed E-state index contributed by atoms with van der Waals surface area (Å²) in [5.41, 5.74) is 2.30. The summed E-state index contributed by atoms with van der Waals surface area (Å²) in [5, 5.41) is 10.2. The molecule has 0 aliphatic heterocycles. The van der Waals surface area contributed by atoms with Gasteiger partial charge in [0.1, 0.15) is 5.75 Å². The minimum Gasteiger partial charge on any atom is -0.496 e. The number of benzene rings is 2. The molecule has 26 heavy (non-hydrogen) atoms. The number of methoxy groups -OCH3 is 1. The SMILES string of the molecule is COc1ccccc1-c1cc(NC(=O)C2(c3ccc(Br)cc3)CC2)n[nH]1. The molecular weight excluding hydrogens is 394 g/mol. The number of anilines is 1. The van der Waals surface area contributed by atoms with E-state index in [0.29, 0.717) is 5.82 Å². The van der Waals surface area contributed by atoms with Crippen LogP contribution in [0, 0.1) is 0 Å². The van der Waals surface area contributed by atoms with Crippen LogP contribution in [0.5, 0.6) is 5.75 Å². The molecule has 0 unspecified atom stereocenters. The van der Waals surface area contributed by atoms with Gasteiger partial charge >= 0.3 is 0 Å². The van der Waals surface area contributed by atoms with Crippen LogP contribution in [0.2, 0.25) is 0 Å². The predicted molar refractivity (Wildman–Crippen MR) is 104 cm³/mol. The van der Waals surface area contributed by atoms with Gasteiger partial charge in [-0.1, -0.05) is 40.2 Å². The zero-order chi connectivity index (χ0) is 18.1. The van der Waals surface area contributed by atoms with Crippen molar-refractivity contribution in [3.8, 4) is 17.0 Å². The van der Waals surface area contributed by atoms with Gasteiger partial charge < -0.3 is 10.1 Å². The number of aromatic nitrogens is 2.